The fourth-order valence-corrected chi connectivity index (χ4v) is 2.87. The first-order valence-corrected chi connectivity index (χ1v) is 9.56. The molecule has 2 aromatic rings. The number of hydrogen-bond donors (Lipinski definition) is 3. The minimum absolute atomic E-state index is 0.468. The zero-order chi connectivity index (χ0) is 19.5. The maximum Gasteiger partial charge on any atom is 0.191 e. The second-order valence-corrected chi connectivity index (χ2v) is 6.89. The molecule has 0 aliphatic carbocycles. The van der Waals surface area contributed by atoms with Crippen molar-refractivity contribution in [2.24, 2.45) is 4.99 Å². The van der Waals surface area contributed by atoms with Crippen LogP contribution in [0.1, 0.15) is 36.1 Å². The van der Waals surface area contributed by atoms with Crippen LogP contribution in [0.25, 0.3) is 0 Å². The Morgan fingerprint density at radius 3 is 2.48 bits per heavy atom. The molecule has 0 radical (unpaired) electrons. The van der Waals surface area contributed by atoms with Gasteiger partial charge < -0.3 is 20.6 Å². The Morgan fingerprint density at radius 2 is 1.78 bits per heavy atom. The molecule has 0 bridgehead atoms. The fourth-order valence-electron chi connectivity index (χ4n) is 2.87. The second-order valence-electron chi connectivity index (χ2n) is 6.89. The Bertz CT molecular complexity index is 700. The van der Waals surface area contributed by atoms with Crippen LogP contribution in [0, 0.1) is 0 Å². The first-order valence-electron chi connectivity index (χ1n) is 9.56. The molecule has 5 nitrogen and oxygen atoms in total. The number of aliphatic imine (C=N–C) groups is 1. The summed E-state index contributed by atoms with van der Waals surface area (Å²) in [5, 5.41) is 16.8. The van der Waals surface area contributed by atoms with Crippen molar-refractivity contribution in [1.82, 2.24) is 15.5 Å². The molecule has 0 aliphatic rings. The van der Waals surface area contributed by atoms with Crippen LogP contribution >= 0.6 is 0 Å². The highest BCUT2D eigenvalue weighted by molar-refractivity contribution is 5.79. The molecular formula is C22H32N4O. The molecule has 1 unspecified atom stereocenters. The number of aliphatic hydroxyl groups excluding tert-OH is 1. The Balaban J connectivity index is 1.88. The number of aliphatic hydroxyl groups is 1. The van der Waals surface area contributed by atoms with Gasteiger partial charge in [-0.25, -0.2) is 4.99 Å². The highest BCUT2D eigenvalue weighted by Gasteiger charge is 2.07. The van der Waals surface area contributed by atoms with Crippen molar-refractivity contribution in [1.29, 1.82) is 0 Å². The highest BCUT2D eigenvalue weighted by atomic mass is 16.3. The molecular weight excluding hydrogens is 336 g/mol. The van der Waals surface area contributed by atoms with Gasteiger partial charge in [-0.15, -0.1) is 0 Å². The molecule has 0 saturated carbocycles. The molecule has 0 fully saturated rings. The van der Waals surface area contributed by atoms with E-state index < -0.39 is 6.10 Å². The summed E-state index contributed by atoms with van der Waals surface area (Å²) in [6, 6.07) is 18.3. The number of nitrogens with one attached hydrogen (secondary N) is 2. The number of nitrogens with zero attached hydrogens (tertiary/aromatic N) is 2. The van der Waals surface area contributed by atoms with Crippen molar-refractivity contribution < 1.29 is 5.11 Å². The Labute approximate surface area is 163 Å². The first kappa shape index (κ1) is 20.9. The Morgan fingerprint density at radius 1 is 1.04 bits per heavy atom. The minimum Gasteiger partial charge on any atom is -0.388 e. The van der Waals surface area contributed by atoms with Crippen LogP contribution in [-0.2, 0) is 13.1 Å². The quantitative estimate of drug-likeness (QED) is 0.470. The van der Waals surface area contributed by atoms with Crippen molar-refractivity contribution in [2.45, 2.75) is 32.5 Å². The van der Waals surface area contributed by atoms with E-state index in [1.165, 1.54) is 11.1 Å². The average Bonchev–Trinajstić information content (AvgIpc) is 2.66. The second kappa shape index (κ2) is 11.4. The van der Waals surface area contributed by atoms with Gasteiger partial charge in [-0.2, -0.15) is 0 Å². The molecule has 27 heavy (non-hydrogen) atoms. The van der Waals surface area contributed by atoms with Gasteiger partial charge in [-0.3, -0.25) is 0 Å². The van der Waals surface area contributed by atoms with Gasteiger partial charge in [0, 0.05) is 19.6 Å². The summed E-state index contributed by atoms with van der Waals surface area (Å²) in [5.74, 6) is 0.774. The summed E-state index contributed by atoms with van der Waals surface area (Å²) in [5.41, 5.74) is 3.42. The maximum atomic E-state index is 10.3. The van der Waals surface area contributed by atoms with Gasteiger partial charge in [0.05, 0.1) is 12.6 Å². The van der Waals surface area contributed by atoms with Gasteiger partial charge in [0.25, 0.3) is 0 Å². The first-order chi connectivity index (χ1) is 13.1. The van der Waals surface area contributed by atoms with Crippen LogP contribution in [0.5, 0.6) is 0 Å². The van der Waals surface area contributed by atoms with E-state index in [4.69, 9.17) is 0 Å². The van der Waals surface area contributed by atoms with Gasteiger partial charge in [0.2, 0.25) is 0 Å². The van der Waals surface area contributed by atoms with Crippen LogP contribution < -0.4 is 10.6 Å². The lowest BCUT2D eigenvalue weighted by Crippen LogP contribution is -2.38. The zero-order valence-corrected chi connectivity index (χ0v) is 16.7. The fraction of sp³-hybridized carbons (Fsp3) is 0.409. The predicted molar refractivity (Wildman–Crippen MR) is 113 cm³/mol. The number of benzene rings is 2. The van der Waals surface area contributed by atoms with Gasteiger partial charge >= 0.3 is 0 Å². The third-order valence-corrected chi connectivity index (χ3v) is 4.15. The van der Waals surface area contributed by atoms with E-state index in [2.05, 4.69) is 58.9 Å². The average molecular weight is 369 g/mol. The van der Waals surface area contributed by atoms with Crippen molar-refractivity contribution in [3.63, 3.8) is 0 Å². The molecule has 0 aliphatic heterocycles. The van der Waals surface area contributed by atoms with E-state index in [1.54, 1.807) is 0 Å². The van der Waals surface area contributed by atoms with Gasteiger partial charge in [-0.05, 0) is 44.1 Å². The number of guanidine groups is 1. The summed E-state index contributed by atoms with van der Waals surface area (Å²) >= 11 is 0. The molecule has 1 atom stereocenters. The van der Waals surface area contributed by atoms with Crippen LogP contribution in [0.4, 0.5) is 0 Å². The van der Waals surface area contributed by atoms with E-state index in [1.807, 2.05) is 37.3 Å². The van der Waals surface area contributed by atoms with Crippen molar-refractivity contribution in [3.8, 4) is 0 Å². The zero-order valence-electron chi connectivity index (χ0n) is 16.7. The van der Waals surface area contributed by atoms with Crippen LogP contribution in [-0.4, -0.2) is 43.2 Å². The maximum absolute atomic E-state index is 10.3. The van der Waals surface area contributed by atoms with E-state index in [0.29, 0.717) is 19.5 Å². The third-order valence-electron chi connectivity index (χ3n) is 4.15. The molecule has 0 heterocycles. The molecule has 146 valence electrons. The van der Waals surface area contributed by atoms with Gasteiger partial charge in [0.15, 0.2) is 5.96 Å². The normalized spacial score (nSPS) is 12.9. The molecule has 0 spiro atoms. The number of rotatable bonds is 9. The van der Waals surface area contributed by atoms with Crippen molar-refractivity contribution in [3.05, 3.63) is 71.3 Å². The molecule has 0 amide bonds. The molecule has 0 saturated heterocycles. The van der Waals surface area contributed by atoms with E-state index >= 15 is 0 Å². The van der Waals surface area contributed by atoms with Crippen LogP contribution in [0.2, 0.25) is 0 Å². The number of hydrogen-bond acceptors (Lipinski definition) is 3. The Kier molecular flexibility index (Phi) is 8.81. The summed E-state index contributed by atoms with van der Waals surface area (Å²) < 4.78 is 0. The van der Waals surface area contributed by atoms with E-state index in [0.717, 1.165) is 24.6 Å². The smallest absolute Gasteiger partial charge is 0.191 e. The van der Waals surface area contributed by atoms with Crippen molar-refractivity contribution >= 4 is 5.96 Å². The summed E-state index contributed by atoms with van der Waals surface area (Å²) in [4.78, 5) is 6.83. The lowest BCUT2D eigenvalue weighted by molar-refractivity contribution is 0.168. The third kappa shape index (κ3) is 7.81. The summed E-state index contributed by atoms with van der Waals surface area (Å²) in [6.07, 6.45) is 0.163. The molecule has 5 heteroatoms. The minimum atomic E-state index is -0.468. The molecule has 2 rings (SSSR count). The van der Waals surface area contributed by atoms with Gasteiger partial charge in [-0.1, -0.05) is 54.6 Å². The lowest BCUT2D eigenvalue weighted by atomic mass is 10.1. The SMILES string of the molecule is CCNC(=NCc1cccc(CN(C)C)c1)NCCC(O)c1ccccc1. The predicted octanol–water partition coefficient (Wildman–Crippen LogP) is 2.93. The van der Waals surface area contributed by atoms with Gasteiger partial charge in [0.1, 0.15) is 0 Å². The standard InChI is InChI=1S/C22H32N4O/c1-4-23-22(24-14-13-21(27)20-11-6-5-7-12-20)25-16-18-9-8-10-19(15-18)17-26(2)3/h5-12,15,21,27H,4,13-14,16-17H2,1-3H3,(H2,23,24,25). The molecule has 0 aromatic heterocycles. The van der Waals surface area contributed by atoms with Crippen LogP contribution in [0.15, 0.2) is 59.6 Å². The van der Waals surface area contributed by atoms with E-state index in [-0.39, 0.29) is 0 Å². The summed E-state index contributed by atoms with van der Waals surface area (Å²) in [7, 11) is 4.14. The summed E-state index contributed by atoms with van der Waals surface area (Å²) in [6.45, 7) is 5.05. The van der Waals surface area contributed by atoms with Crippen molar-refractivity contribution in [2.75, 3.05) is 27.2 Å². The monoisotopic (exact) mass is 368 g/mol. The molecule has 2 aromatic carbocycles. The largest absolute Gasteiger partial charge is 0.388 e. The van der Waals surface area contributed by atoms with Crippen LogP contribution in [0.3, 0.4) is 0 Å². The Hall–Kier alpha value is -2.37. The topological polar surface area (TPSA) is 59.9 Å². The van der Waals surface area contributed by atoms with E-state index in [9.17, 15) is 5.11 Å². The highest BCUT2D eigenvalue weighted by Crippen LogP contribution is 2.14. The lowest BCUT2D eigenvalue weighted by Gasteiger charge is -2.14. The molecule has 3 N–H and O–H groups in total.